The molecule has 2 nitrogen and oxygen atoms in total. The van der Waals surface area contributed by atoms with Gasteiger partial charge >= 0.3 is 0 Å². The first-order chi connectivity index (χ1) is 7.74. The molecule has 2 aromatic rings. The van der Waals surface area contributed by atoms with Gasteiger partial charge in [-0.3, -0.25) is 0 Å². The van der Waals surface area contributed by atoms with Crippen LogP contribution < -0.4 is 0 Å². The van der Waals surface area contributed by atoms with Crippen LogP contribution in [-0.2, 0) is 12.8 Å². The minimum atomic E-state index is -0.388. The van der Waals surface area contributed by atoms with Crippen molar-refractivity contribution >= 4 is 11.3 Å². The Hall–Kier alpha value is -1.32. The van der Waals surface area contributed by atoms with E-state index in [-0.39, 0.29) is 11.9 Å². The van der Waals surface area contributed by atoms with Crippen LogP contribution in [-0.4, -0.2) is 16.3 Å². The first-order valence-electron chi connectivity index (χ1n) is 5.22. The van der Waals surface area contributed by atoms with E-state index in [1.54, 1.807) is 29.5 Å². The monoisotopic (exact) mass is 234 g/mol. The zero-order valence-electron chi connectivity index (χ0n) is 8.84. The van der Waals surface area contributed by atoms with Crippen molar-refractivity contribution in [2.45, 2.75) is 18.9 Å². The van der Waals surface area contributed by atoms with E-state index in [0.717, 1.165) is 5.56 Å². The molecule has 0 amide bonds. The Morgan fingerprint density at radius 3 is 2.69 bits per heavy atom. The standard InChI is InChI=1S/C13H14O2S/c14-11-4-1-3-10(7-11)8-12(15)9-13-5-2-6-16-13/h1-7,12,14-15H,8-9H2. The minimum Gasteiger partial charge on any atom is -0.508 e. The number of benzene rings is 1. The van der Waals surface area contributed by atoms with E-state index >= 15 is 0 Å². The molecule has 84 valence electrons. The minimum absolute atomic E-state index is 0.251. The fourth-order valence-corrected chi connectivity index (χ4v) is 2.47. The van der Waals surface area contributed by atoms with Crippen molar-refractivity contribution in [3.05, 3.63) is 52.2 Å². The molecule has 0 bridgehead atoms. The molecule has 0 radical (unpaired) electrons. The lowest BCUT2D eigenvalue weighted by atomic mass is 10.0. The molecule has 1 atom stereocenters. The Bertz CT molecular complexity index is 437. The van der Waals surface area contributed by atoms with Gasteiger partial charge in [0.2, 0.25) is 0 Å². The highest BCUT2D eigenvalue weighted by Crippen LogP contribution is 2.16. The van der Waals surface area contributed by atoms with Crippen LogP contribution in [0.25, 0.3) is 0 Å². The fraction of sp³-hybridized carbons (Fsp3) is 0.231. The van der Waals surface area contributed by atoms with Crippen molar-refractivity contribution in [2.75, 3.05) is 0 Å². The molecule has 0 saturated heterocycles. The lowest BCUT2D eigenvalue weighted by Gasteiger charge is -2.09. The number of thiophene rings is 1. The maximum atomic E-state index is 9.89. The molecule has 16 heavy (non-hydrogen) atoms. The smallest absolute Gasteiger partial charge is 0.115 e. The van der Waals surface area contributed by atoms with Gasteiger partial charge in [0.25, 0.3) is 0 Å². The normalized spacial score (nSPS) is 12.6. The summed E-state index contributed by atoms with van der Waals surface area (Å²) in [5, 5.41) is 21.2. The first-order valence-corrected chi connectivity index (χ1v) is 6.10. The van der Waals surface area contributed by atoms with Crippen LogP contribution in [0.1, 0.15) is 10.4 Å². The summed E-state index contributed by atoms with van der Waals surface area (Å²) in [5.41, 5.74) is 0.962. The zero-order valence-corrected chi connectivity index (χ0v) is 9.65. The van der Waals surface area contributed by atoms with Crippen LogP contribution in [0.4, 0.5) is 0 Å². The van der Waals surface area contributed by atoms with Crippen molar-refractivity contribution in [1.29, 1.82) is 0 Å². The summed E-state index contributed by atoms with van der Waals surface area (Å²) in [6.07, 6.45) is 0.861. The lowest BCUT2D eigenvalue weighted by Crippen LogP contribution is -2.12. The van der Waals surface area contributed by atoms with E-state index in [1.807, 2.05) is 23.6 Å². The van der Waals surface area contributed by atoms with Gasteiger partial charge in [0.15, 0.2) is 0 Å². The lowest BCUT2D eigenvalue weighted by molar-refractivity contribution is 0.176. The number of rotatable bonds is 4. The molecule has 0 fully saturated rings. The SMILES string of the molecule is Oc1cccc(CC(O)Cc2cccs2)c1. The van der Waals surface area contributed by atoms with Gasteiger partial charge in [-0.25, -0.2) is 0 Å². The first kappa shape index (κ1) is 11.2. The largest absolute Gasteiger partial charge is 0.508 e. The Kier molecular flexibility index (Phi) is 3.59. The van der Waals surface area contributed by atoms with E-state index < -0.39 is 0 Å². The molecule has 0 spiro atoms. The Morgan fingerprint density at radius 1 is 1.12 bits per heavy atom. The highest BCUT2D eigenvalue weighted by Gasteiger charge is 2.07. The van der Waals surface area contributed by atoms with Crippen LogP contribution in [0, 0.1) is 0 Å². The van der Waals surface area contributed by atoms with Crippen LogP contribution >= 0.6 is 11.3 Å². The molecule has 0 aliphatic heterocycles. The van der Waals surface area contributed by atoms with Crippen LogP contribution in [0.3, 0.4) is 0 Å². The van der Waals surface area contributed by atoms with Gasteiger partial charge in [0, 0.05) is 11.3 Å². The zero-order chi connectivity index (χ0) is 11.4. The van der Waals surface area contributed by atoms with Crippen molar-refractivity contribution in [3.63, 3.8) is 0 Å². The molecule has 1 aromatic carbocycles. The molecule has 1 unspecified atom stereocenters. The van der Waals surface area contributed by atoms with E-state index in [9.17, 15) is 10.2 Å². The van der Waals surface area contributed by atoms with Gasteiger partial charge in [0.05, 0.1) is 6.10 Å². The summed E-state index contributed by atoms with van der Waals surface area (Å²) >= 11 is 1.66. The Labute approximate surface area is 98.8 Å². The van der Waals surface area contributed by atoms with Crippen molar-refractivity contribution in [1.82, 2.24) is 0 Å². The van der Waals surface area contributed by atoms with Gasteiger partial charge in [0.1, 0.15) is 5.75 Å². The van der Waals surface area contributed by atoms with E-state index in [4.69, 9.17) is 0 Å². The molecule has 1 heterocycles. The average molecular weight is 234 g/mol. The van der Waals surface area contributed by atoms with Gasteiger partial charge in [-0.2, -0.15) is 0 Å². The maximum absolute atomic E-state index is 9.89. The third-order valence-corrected chi connectivity index (χ3v) is 3.30. The fourth-order valence-electron chi connectivity index (χ4n) is 1.69. The molecular formula is C13H14O2S. The van der Waals surface area contributed by atoms with Crippen LogP contribution in [0.15, 0.2) is 41.8 Å². The van der Waals surface area contributed by atoms with Gasteiger partial charge in [-0.05, 0) is 35.6 Å². The molecule has 1 aromatic heterocycles. The molecule has 0 aliphatic carbocycles. The van der Waals surface area contributed by atoms with Gasteiger partial charge in [-0.1, -0.05) is 18.2 Å². The second-order valence-corrected chi connectivity index (χ2v) is 4.84. The topological polar surface area (TPSA) is 40.5 Å². The third kappa shape index (κ3) is 3.08. The summed E-state index contributed by atoms with van der Waals surface area (Å²) < 4.78 is 0. The molecule has 2 N–H and O–H groups in total. The van der Waals surface area contributed by atoms with E-state index in [1.165, 1.54) is 4.88 Å². The Balaban J connectivity index is 1.94. The maximum Gasteiger partial charge on any atom is 0.115 e. The molecule has 3 heteroatoms. The number of aliphatic hydroxyl groups excluding tert-OH is 1. The quantitative estimate of drug-likeness (QED) is 0.853. The highest BCUT2D eigenvalue weighted by atomic mass is 32.1. The van der Waals surface area contributed by atoms with E-state index in [0.29, 0.717) is 12.8 Å². The number of hydrogen-bond donors (Lipinski definition) is 2. The summed E-state index contributed by atoms with van der Waals surface area (Å²) in [6.45, 7) is 0. The highest BCUT2D eigenvalue weighted by molar-refractivity contribution is 7.09. The van der Waals surface area contributed by atoms with Crippen LogP contribution in [0.2, 0.25) is 0 Å². The van der Waals surface area contributed by atoms with Gasteiger partial charge in [-0.15, -0.1) is 11.3 Å². The van der Waals surface area contributed by atoms with Crippen molar-refractivity contribution < 1.29 is 10.2 Å². The number of aliphatic hydroxyl groups is 1. The summed E-state index contributed by atoms with van der Waals surface area (Å²) in [5.74, 6) is 0.251. The summed E-state index contributed by atoms with van der Waals surface area (Å²) in [6, 6.07) is 11.0. The number of phenolic OH excluding ortho intramolecular Hbond substituents is 1. The summed E-state index contributed by atoms with van der Waals surface area (Å²) in [7, 11) is 0. The number of aromatic hydroxyl groups is 1. The molecule has 0 aliphatic rings. The van der Waals surface area contributed by atoms with Crippen molar-refractivity contribution in [3.8, 4) is 5.75 Å². The predicted molar refractivity (Wildman–Crippen MR) is 65.8 cm³/mol. The Morgan fingerprint density at radius 2 is 2.00 bits per heavy atom. The number of phenols is 1. The third-order valence-electron chi connectivity index (χ3n) is 2.40. The average Bonchev–Trinajstić information content (AvgIpc) is 2.70. The second kappa shape index (κ2) is 5.14. The van der Waals surface area contributed by atoms with Crippen LogP contribution in [0.5, 0.6) is 5.75 Å². The van der Waals surface area contributed by atoms with Gasteiger partial charge < -0.3 is 10.2 Å². The van der Waals surface area contributed by atoms with E-state index in [2.05, 4.69) is 0 Å². The molecule has 0 saturated carbocycles. The van der Waals surface area contributed by atoms with Crippen molar-refractivity contribution in [2.24, 2.45) is 0 Å². The second-order valence-electron chi connectivity index (χ2n) is 3.81. The summed E-state index contributed by atoms with van der Waals surface area (Å²) in [4.78, 5) is 1.19. The molecule has 2 rings (SSSR count). The predicted octanol–water partition coefficient (Wildman–Crippen LogP) is 2.60. The molecular weight excluding hydrogens is 220 g/mol. The number of hydrogen-bond acceptors (Lipinski definition) is 3.